The summed E-state index contributed by atoms with van der Waals surface area (Å²) in [5.41, 5.74) is 1.05. The Morgan fingerprint density at radius 1 is 1.16 bits per heavy atom. The summed E-state index contributed by atoms with van der Waals surface area (Å²) in [6.07, 6.45) is 2.26. The summed E-state index contributed by atoms with van der Waals surface area (Å²) in [5, 5.41) is 3.30. The van der Waals surface area contributed by atoms with Gasteiger partial charge in [0.15, 0.2) is 11.5 Å². The fourth-order valence-corrected chi connectivity index (χ4v) is 4.28. The van der Waals surface area contributed by atoms with Crippen LogP contribution < -0.4 is 20.2 Å². The van der Waals surface area contributed by atoms with E-state index in [1.807, 2.05) is 0 Å². The number of fused-ring (bicyclic) bond motifs is 1. The van der Waals surface area contributed by atoms with Crippen molar-refractivity contribution in [3.63, 3.8) is 0 Å². The number of methoxy groups -OCH3 is 2. The molecule has 3 aromatic rings. The molecule has 0 saturated carbocycles. The van der Waals surface area contributed by atoms with Gasteiger partial charge in [0.25, 0.3) is 0 Å². The smallest absolute Gasteiger partial charge is 0.240 e. The van der Waals surface area contributed by atoms with Crippen molar-refractivity contribution in [3.05, 3.63) is 52.7 Å². The van der Waals surface area contributed by atoms with E-state index in [0.717, 1.165) is 19.5 Å². The second kappa shape index (κ2) is 9.44. The predicted molar refractivity (Wildman–Crippen MR) is 124 cm³/mol. The minimum Gasteiger partial charge on any atom is -0.493 e. The predicted octanol–water partition coefficient (Wildman–Crippen LogP) is 4.15. The van der Waals surface area contributed by atoms with E-state index in [2.05, 4.69) is 17.1 Å². The number of nitrogens with zero attached hydrogens (tertiary/aromatic N) is 1. The number of para-hydroxylation sites is 1. The molecular weight excluding hydrogens is 408 g/mol. The first-order chi connectivity index (χ1) is 15.5. The van der Waals surface area contributed by atoms with Crippen LogP contribution in [0.5, 0.6) is 11.5 Å². The molecule has 1 unspecified atom stereocenters. The fraction of sp³-hybridized carbons (Fsp3) is 0.360. The van der Waals surface area contributed by atoms with Crippen LogP contribution in [0.1, 0.15) is 19.8 Å². The van der Waals surface area contributed by atoms with Crippen molar-refractivity contribution in [2.24, 2.45) is 5.92 Å². The Bertz CT molecular complexity index is 1190. The van der Waals surface area contributed by atoms with Crippen molar-refractivity contribution < 1.29 is 18.7 Å². The molecule has 1 atom stereocenters. The second-order valence-electron chi connectivity index (χ2n) is 8.23. The molecule has 0 spiro atoms. The van der Waals surface area contributed by atoms with Gasteiger partial charge >= 0.3 is 0 Å². The Morgan fingerprint density at radius 3 is 2.69 bits per heavy atom. The quantitative estimate of drug-likeness (QED) is 0.625. The molecule has 2 aromatic carbocycles. The van der Waals surface area contributed by atoms with E-state index in [9.17, 15) is 9.59 Å². The van der Waals surface area contributed by atoms with Crippen LogP contribution in [0.25, 0.3) is 22.1 Å². The number of anilines is 1. The van der Waals surface area contributed by atoms with Gasteiger partial charge in [0.1, 0.15) is 5.58 Å². The van der Waals surface area contributed by atoms with Crippen LogP contribution in [-0.4, -0.2) is 44.7 Å². The summed E-state index contributed by atoms with van der Waals surface area (Å²) in [5.74, 6) is 1.52. The van der Waals surface area contributed by atoms with Crippen LogP contribution >= 0.6 is 0 Å². The van der Waals surface area contributed by atoms with Gasteiger partial charge in [0.2, 0.25) is 17.2 Å². The maximum absolute atomic E-state index is 13.4. The lowest BCUT2D eigenvalue weighted by Gasteiger charge is -2.30. The highest BCUT2D eigenvalue weighted by atomic mass is 16.5. The second-order valence-corrected chi connectivity index (χ2v) is 8.23. The van der Waals surface area contributed by atoms with Crippen molar-refractivity contribution in [2.45, 2.75) is 19.8 Å². The summed E-state index contributed by atoms with van der Waals surface area (Å²) < 4.78 is 16.7. The van der Waals surface area contributed by atoms with Crippen LogP contribution in [0.2, 0.25) is 0 Å². The number of nitrogens with one attached hydrogen (secondary N) is 1. The van der Waals surface area contributed by atoms with E-state index in [4.69, 9.17) is 13.9 Å². The average Bonchev–Trinajstić information content (AvgIpc) is 2.79. The molecule has 1 aromatic heterocycles. The van der Waals surface area contributed by atoms with E-state index >= 15 is 0 Å². The number of benzene rings is 2. The standard InChI is InChI=1S/C25H28N2O5/c1-16-7-6-12-27(14-16)15-22(28)26-25-23(17-10-11-20(30-2)21(13-17)31-3)24(29)18-8-4-5-9-19(18)32-25/h4-5,8-11,13,16H,6-7,12,14-15H2,1-3H3,(H,26,28). The van der Waals surface area contributed by atoms with E-state index in [0.29, 0.717) is 33.9 Å². The monoisotopic (exact) mass is 436 g/mol. The molecule has 1 aliphatic heterocycles. The van der Waals surface area contributed by atoms with E-state index in [1.54, 1.807) is 49.6 Å². The van der Waals surface area contributed by atoms with Crippen LogP contribution in [0.15, 0.2) is 51.7 Å². The molecule has 0 bridgehead atoms. The minimum absolute atomic E-state index is 0.135. The highest BCUT2D eigenvalue weighted by molar-refractivity contribution is 5.97. The van der Waals surface area contributed by atoms with E-state index in [-0.39, 0.29) is 29.3 Å². The molecular formula is C25H28N2O5. The Balaban J connectivity index is 1.74. The molecule has 4 rings (SSSR count). The largest absolute Gasteiger partial charge is 0.493 e. The summed E-state index contributed by atoms with van der Waals surface area (Å²) in [4.78, 5) is 28.4. The van der Waals surface area contributed by atoms with Gasteiger partial charge in [-0.25, -0.2) is 0 Å². The zero-order chi connectivity index (χ0) is 22.7. The first-order valence-electron chi connectivity index (χ1n) is 10.8. The van der Waals surface area contributed by atoms with Crippen LogP contribution in [0.3, 0.4) is 0 Å². The molecule has 0 radical (unpaired) electrons. The summed E-state index contributed by atoms with van der Waals surface area (Å²) in [7, 11) is 3.09. The summed E-state index contributed by atoms with van der Waals surface area (Å²) in [6.45, 7) is 4.23. The average molecular weight is 437 g/mol. The lowest BCUT2D eigenvalue weighted by Crippen LogP contribution is -2.39. The number of rotatable bonds is 6. The van der Waals surface area contributed by atoms with Crippen molar-refractivity contribution >= 4 is 22.8 Å². The summed E-state index contributed by atoms with van der Waals surface area (Å²) in [6, 6.07) is 12.2. The number of carbonyl (C=O) groups excluding carboxylic acids is 1. The molecule has 1 aliphatic rings. The summed E-state index contributed by atoms with van der Waals surface area (Å²) >= 11 is 0. The van der Waals surface area contributed by atoms with E-state index < -0.39 is 0 Å². The van der Waals surface area contributed by atoms with Gasteiger partial charge in [0.05, 0.1) is 31.7 Å². The number of likely N-dealkylation sites (tertiary alicyclic amines) is 1. The zero-order valence-corrected chi connectivity index (χ0v) is 18.6. The number of hydrogen-bond acceptors (Lipinski definition) is 6. The Labute approximate surface area is 186 Å². The van der Waals surface area contributed by atoms with Gasteiger partial charge in [-0.3, -0.25) is 19.8 Å². The number of piperidine rings is 1. The molecule has 1 amide bonds. The van der Waals surface area contributed by atoms with Gasteiger partial charge in [-0.1, -0.05) is 25.1 Å². The Morgan fingerprint density at radius 2 is 1.94 bits per heavy atom. The highest BCUT2D eigenvalue weighted by Crippen LogP contribution is 2.35. The van der Waals surface area contributed by atoms with Crippen LogP contribution in [0, 0.1) is 5.92 Å². The maximum Gasteiger partial charge on any atom is 0.240 e. The molecule has 32 heavy (non-hydrogen) atoms. The molecule has 7 heteroatoms. The van der Waals surface area contributed by atoms with Gasteiger partial charge < -0.3 is 13.9 Å². The molecule has 1 fully saturated rings. The molecule has 0 aliphatic carbocycles. The first kappa shape index (κ1) is 21.9. The third kappa shape index (κ3) is 4.48. The zero-order valence-electron chi connectivity index (χ0n) is 18.6. The lowest BCUT2D eigenvalue weighted by atomic mass is 10.0. The van der Waals surface area contributed by atoms with Crippen molar-refractivity contribution in [1.29, 1.82) is 0 Å². The minimum atomic E-state index is -0.221. The molecule has 7 nitrogen and oxygen atoms in total. The topological polar surface area (TPSA) is 81.0 Å². The third-order valence-corrected chi connectivity index (χ3v) is 5.83. The van der Waals surface area contributed by atoms with Gasteiger partial charge in [-0.2, -0.15) is 0 Å². The molecule has 168 valence electrons. The molecule has 1 N–H and O–H groups in total. The fourth-order valence-electron chi connectivity index (χ4n) is 4.28. The third-order valence-electron chi connectivity index (χ3n) is 5.83. The number of hydrogen-bond donors (Lipinski definition) is 1. The van der Waals surface area contributed by atoms with Crippen LogP contribution in [0.4, 0.5) is 5.88 Å². The van der Waals surface area contributed by atoms with Crippen molar-refractivity contribution in [3.8, 4) is 22.6 Å². The number of ether oxygens (including phenoxy) is 2. The normalized spacial score (nSPS) is 16.7. The molecule has 1 saturated heterocycles. The van der Waals surface area contributed by atoms with Crippen LogP contribution in [-0.2, 0) is 4.79 Å². The SMILES string of the molecule is COc1ccc(-c2c(NC(=O)CN3CCCC(C)C3)oc3ccccc3c2=O)cc1OC. The lowest BCUT2D eigenvalue weighted by molar-refractivity contribution is -0.117. The molecule has 2 heterocycles. The van der Waals surface area contributed by atoms with E-state index in [1.165, 1.54) is 13.5 Å². The number of amides is 1. The van der Waals surface area contributed by atoms with Gasteiger partial charge in [0, 0.05) is 6.54 Å². The highest BCUT2D eigenvalue weighted by Gasteiger charge is 2.22. The maximum atomic E-state index is 13.4. The van der Waals surface area contributed by atoms with Gasteiger partial charge in [-0.15, -0.1) is 0 Å². The number of carbonyl (C=O) groups is 1. The van der Waals surface area contributed by atoms with Crippen molar-refractivity contribution in [1.82, 2.24) is 4.90 Å². The van der Waals surface area contributed by atoms with Crippen molar-refractivity contribution in [2.75, 3.05) is 39.2 Å². The van der Waals surface area contributed by atoms with Gasteiger partial charge in [-0.05, 0) is 55.1 Å². The Hall–Kier alpha value is -3.32. The first-order valence-corrected chi connectivity index (χ1v) is 10.8. The Kier molecular flexibility index (Phi) is 6.46.